The van der Waals surface area contributed by atoms with Crippen molar-refractivity contribution in [1.29, 1.82) is 0 Å². The molecular formula is C14H17NO2. The Kier molecular flexibility index (Phi) is 2.92. The van der Waals surface area contributed by atoms with E-state index in [1.54, 1.807) is 6.07 Å². The van der Waals surface area contributed by atoms with E-state index >= 15 is 0 Å². The van der Waals surface area contributed by atoms with Crippen LogP contribution in [0.5, 0.6) is 5.75 Å². The number of oxazole rings is 1. The van der Waals surface area contributed by atoms with Crippen LogP contribution in [-0.2, 0) is 0 Å². The maximum absolute atomic E-state index is 9.71. The Balaban J connectivity index is 2.49. The van der Waals surface area contributed by atoms with Crippen LogP contribution in [0, 0.1) is 13.8 Å². The van der Waals surface area contributed by atoms with Crippen molar-refractivity contribution in [2.45, 2.75) is 33.6 Å². The monoisotopic (exact) mass is 231 g/mol. The van der Waals surface area contributed by atoms with E-state index in [0.717, 1.165) is 28.5 Å². The first kappa shape index (κ1) is 11.7. The van der Waals surface area contributed by atoms with Gasteiger partial charge in [-0.2, -0.15) is 0 Å². The van der Waals surface area contributed by atoms with E-state index in [2.05, 4.69) is 4.98 Å². The number of benzene rings is 1. The van der Waals surface area contributed by atoms with Gasteiger partial charge in [-0.15, -0.1) is 0 Å². The van der Waals surface area contributed by atoms with Gasteiger partial charge in [0.1, 0.15) is 17.2 Å². The highest BCUT2D eigenvalue weighted by molar-refractivity contribution is 5.64. The smallest absolute Gasteiger partial charge is 0.197 e. The molecule has 17 heavy (non-hydrogen) atoms. The molecule has 0 spiro atoms. The van der Waals surface area contributed by atoms with Gasteiger partial charge in [0.25, 0.3) is 0 Å². The lowest BCUT2D eigenvalue weighted by Crippen LogP contribution is -1.87. The number of phenols is 1. The molecule has 0 unspecified atom stereocenters. The van der Waals surface area contributed by atoms with E-state index in [-0.39, 0.29) is 11.7 Å². The predicted molar refractivity (Wildman–Crippen MR) is 67.2 cm³/mol. The van der Waals surface area contributed by atoms with E-state index in [4.69, 9.17) is 4.42 Å². The first-order chi connectivity index (χ1) is 7.99. The first-order valence-electron chi connectivity index (χ1n) is 5.76. The number of rotatable bonds is 2. The summed E-state index contributed by atoms with van der Waals surface area (Å²) in [6.45, 7) is 7.85. The molecule has 3 heteroatoms. The first-order valence-corrected chi connectivity index (χ1v) is 5.76. The third-order valence-corrected chi connectivity index (χ3v) is 2.79. The van der Waals surface area contributed by atoms with Crippen LogP contribution in [-0.4, -0.2) is 10.1 Å². The van der Waals surface area contributed by atoms with Gasteiger partial charge >= 0.3 is 0 Å². The molecule has 3 nitrogen and oxygen atoms in total. The van der Waals surface area contributed by atoms with Gasteiger partial charge in [0.15, 0.2) is 5.89 Å². The van der Waals surface area contributed by atoms with Crippen molar-refractivity contribution in [3.05, 3.63) is 35.4 Å². The fourth-order valence-electron chi connectivity index (χ4n) is 1.69. The molecule has 2 aromatic rings. The van der Waals surface area contributed by atoms with Crippen LogP contribution < -0.4 is 0 Å². The largest absolute Gasteiger partial charge is 0.508 e. The standard InChI is InChI=1S/C14H17NO2/c1-8(2)14-15-13(10(4)17-14)11-6-5-9(3)12(16)7-11/h5-8,16H,1-4H3. The van der Waals surface area contributed by atoms with Crippen LogP contribution in [0.4, 0.5) is 0 Å². The molecule has 2 rings (SSSR count). The number of hydrogen-bond acceptors (Lipinski definition) is 3. The van der Waals surface area contributed by atoms with E-state index in [1.807, 2.05) is 39.8 Å². The molecule has 0 radical (unpaired) electrons. The molecule has 0 amide bonds. The van der Waals surface area contributed by atoms with Crippen molar-refractivity contribution in [2.75, 3.05) is 0 Å². The number of hydrogen-bond donors (Lipinski definition) is 1. The highest BCUT2D eigenvalue weighted by Gasteiger charge is 2.14. The molecular weight excluding hydrogens is 214 g/mol. The summed E-state index contributed by atoms with van der Waals surface area (Å²) in [7, 11) is 0. The van der Waals surface area contributed by atoms with Crippen molar-refractivity contribution in [2.24, 2.45) is 0 Å². The molecule has 0 saturated heterocycles. The molecule has 0 saturated carbocycles. The van der Waals surface area contributed by atoms with E-state index in [1.165, 1.54) is 0 Å². The summed E-state index contributed by atoms with van der Waals surface area (Å²) in [6.07, 6.45) is 0. The summed E-state index contributed by atoms with van der Waals surface area (Å²) in [5.74, 6) is 2.08. The van der Waals surface area contributed by atoms with Gasteiger partial charge in [-0.3, -0.25) is 0 Å². The van der Waals surface area contributed by atoms with Gasteiger partial charge in [-0.25, -0.2) is 4.98 Å². The van der Waals surface area contributed by atoms with Crippen LogP contribution in [0.2, 0.25) is 0 Å². The zero-order chi connectivity index (χ0) is 12.6. The lowest BCUT2D eigenvalue weighted by molar-refractivity contribution is 0.450. The van der Waals surface area contributed by atoms with Crippen molar-refractivity contribution in [3.63, 3.8) is 0 Å². The summed E-state index contributed by atoms with van der Waals surface area (Å²) in [5, 5.41) is 9.71. The Bertz CT molecular complexity index is 541. The molecule has 1 N–H and O–H groups in total. The number of aryl methyl sites for hydroxylation is 2. The summed E-state index contributed by atoms with van der Waals surface area (Å²) < 4.78 is 5.61. The second-order valence-electron chi connectivity index (χ2n) is 4.61. The van der Waals surface area contributed by atoms with Gasteiger partial charge < -0.3 is 9.52 Å². The average Bonchev–Trinajstić information content (AvgIpc) is 2.65. The van der Waals surface area contributed by atoms with Crippen molar-refractivity contribution in [1.82, 2.24) is 4.98 Å². The van der Waals surface area contributed by atoms with Crippen LogP contribution in [0.1, 0.15) is 37.0 Å². The Morgan fingerprint density at radius 3 is 2.47 bits per heavy atom. The Hall–Kier alpha value is -1.77. The van der Waals surface area contributed by atoms with Crippen molar-refractivity contribution >= 4 is 0 Å². The molecule has 1 heterocycles. The van der Waals surface area contributed by atoms with E-state index in [0.29, 0.717) is 0 Å². The lowest BCUT2D eigenvalue weighted by Gasteiger charge is -2.01. The SMILES string of the molecule is Cc1ccc(-c2nc(C(C)C)oc2C)cc1O. The third kappa shape index (κ3) is 2.18. The fraction of sp³-hybridized carbons (Fsp3) is 0.357. The second kappa shape index (κ2) is 4.24. The normalized spacial score (nSPS) is 11.1. The average molecular weight is 231 g/mol. The van der Waals surface area contributed by atoms with Crippen LogP contribution in [0.15, 0.2) is 22.6 Å². The highest BCUT2D eigenvalue weighted by Crippen LogP contribution is 2.29. The fourth-order valence-corrected chi connectivity index (χ4v) is 1.69. The summed E-state index contributed by atoms with van der Waals surface area (Å²) in [4.78, 5) is 4.47. The van der Waals surface area contributed by atoms with Crippen molar-refractivity contribution in [3.8, 4) is 17.0 Å². The van der Waals surface area contributed by atoms with Gasteiger partial charge in [0.2, 0.25) is 0 Å². The summed E-state index contributed by atoms with van der Waals surface area (Å²) in [5.41, 5.74) is 2.56. The van der Waals surface area contributed by atoms with Gasteiger partial charge in [0, 0.05) is 11.5 Å². The van der Waals surface area contributed by atoms with Gasteiger partial charge in [-0.05, 0) is 25.5 Å². The van der Waals surface area contributed by atoms with E-state index < -0.39 is 0 Å². The topological polar surface area (TPSA) is 46.3 Å². The van der Waals surface area contributed by atoms with Crippen LogP contribution in [0.25, 0.3) is 11.3 Å². The molecule has 0 fully saturated rings. The molecule has 90 valence electrons. The lowest BCUT2D eigenvalue weighted by atomic mass is 10.1. The summed E-state index contributed by atoms with van der Waals surface area (Å²) >= 11 is 0. The minimum atomic E-state index is 0.265. The molecule has 0 aliphatic rings. The predicted octanol–water partition coefficient (Wildman–Crippen LogP) is 3.79. The van der Waals surface area contributed by atoms with Crippen LogP contribution in [0.3, 0.4) is 0 Å². The maximum Gasteiger partial charge on any atom is 0.197 e. The van der Waals surface area contributed by atoms with Gasteiger partial charge in [0.05, 0.1) is 0 Å². The zero-order valence-corrected chi connectivity index (χ0v) is 10.6. The zero-order valence-electron chi connectivity index (χ0n) is 10.6. The third-order valence-electron chi connectivity index (χ3n) is 2.79. The number of aromatic nitrogens is 1. The maximum atomic E-state index is 9.71. The highest BCUT2D eigenvalue weighted by atomic mass is 16.4. The van der Waals surface area contributed by atoms with Crippen LogP contribution >= 0.6 is 0 Å². The van der Waals surface area contributed by atoms with Gasteiger partial charge in [-0.1, -0.05) is 26.0 Å². The second-order valence-corrected chi connectivity index (χ2v) is 4.61. The quantitative estimate of drug-likeness (QED) is 0.855. The Labute approximate surface area is 101 Å². The molecule has 0 aliphatic heterocycles. The summed E-state index contributed by atoms with van der Waals surface area (Å²) in [6, 6.07) is 5.56. The minimum Gasteiger partial charge on any atom is -0.508 e. The number of phenolic OH excluding ortho intramolecular Hbond substituents is 1. The molecule has 0 bridgehead atoms. The minimum absolute atomic E-state index is 0.265. The number of nitrogens with zero attached hydrogens (tertiary/aromatic N) is 1. The Morgan fingerprint density at radius 2 is 1.94 bits per heavy atom. The van der Waals surface area contributed by atoms with Crippen molar-refractivity contribution < 1.29 is 9.52 Å². The Morgan fingerprint density at radius 1 is 1.24 bits per heavy atom. The van der Waals surface area contributed by atoms with E-state index in [9.17, 15) is 5.11 Å². The number of aromatic hydroxyl groups is 1. The molecule has 0 aliphatic carbocycles. The molecule has 1 aromatic heterocycles. The molecule has 1 aromatic carbocycles. The molecule has 0 atom stereocenters.